The molecule has 8 heteroatoms. The molecular weight excluding hydrogens is 430 g/mol. The summed E-state index contributed by atoms with van der Waals surface area (Å²) in [6.07, 6.45) is 3.23. The van der Waals surface area contributed by atoms with Crippen molar-refractivity contribution in [2.24, 2.45) is 0 Å². The maximum Gasteiger partial charge on any atom is 0.267 e. The monoisotopic (exact) mass is 457 g/mol. The fourth-order valence-electron chi connectivity index (χ4n) is 3.39. The van der Waals surface area contributed by atoms with Crippen molar-refractivity contribution in [2.45, 2.75) is 50.3 Å². The van der Waals surface area contributed by atoms with Gasteiger partial charge in [0.1, 0.15) is 4.83 Å². The number of carbonyl (C=O) groups is 1. The van der Waals surface area contributed by atoms with E-state index in [2.05, 4.69) is 10.7 Å². The van der Waals surface area contributed by atoms with Gasteiger partial charge in [-0.2, -0.15) is 0 Å². The van der Waals surface area contributed by atoms with Crippen LogP contribution in [0.25, 0.3) is 15.9 Å². The molecule has 1 N–H and O–H groups in total. The summed E-state index contributed by atoms with van der Waals surface area (Å²) in [6.45, 7) is 5.18. The summed E-state index contributed by atoms with van der Waals surface area (Å²) in [4.78, 5) is 31.4. The molecule has 164 valence electrons. The predicted molar refractivity (Wildman–Crippen MR) is 127 cm³/mol. The van der Waals surface area contributed by atoms with Crippen LogP contribution in [0.5, 0.6) is 0 Å². The number of thioether (sulfide) groups is 1. The lowest BCUT2D eigenvalue weighted by molar-refractivity contribution is -0.118. The second-order valence-corrected chi connectivity index (χ2v) is 9.73. The average molecular weight is 458 g/mol. The van der Waals surface area contributed by atoms with E-state index in [1.165, 1.54) is 23.1 Å². The summed E-state index contributed by atoms with van der Waals surface area (Å²) in [5.41, 5.74) is 1.84. The van der Waals surface area contributed by atoms with Crippen molar-refractivity contribution in [1.82, 2.24) is 14.9 Å². The van der Waals surface area contributed by atoms with Gasteiger partial charge >= 0.3 is 0 Å². The molecule has 1 amide bonds. The van der Waals surface area contributed by atoms with Crippen molar-refractivity contribution in [3.05, 3.63) is 51.6 Å². The van der Waals surface area contributed by atoms with Crippen LogP contribution in [0.4, 0.5) is 0 Å². The van der Waals surface area contributed by atoms with Crippen LogP contribution in [0.15, 0.2) is 45.7 Å². The van der Waals surface area contributed by atoms with Crippen LogP contribution in [0.2, 0.25) is 0 Å². The van der Waals surface area contributed by atoms with Gasteiger partial charge in [0.25, 0.3) is 5.56 Å². The van der Waals surface area contributed by atoms with Crippen molar-refractivity contribution >= 4 is 39.2 Å². The number of benzene rings is 1. The summed E-state index contributed by atoms with van der Waals surface area (Å²) in [5.74, 6) is 0.612. The first kappa shape index (κ1) is 22.0. The number of ether oxygens (including phenoxy) is 1. The molecule has 0 saturated heterocycles. The Morgan fingerprint density at radius 2 is 2.10 bits per heavy atom. The van der Waals surface area contributed by atoms with Crippen molar-refractivity contribution in [1.29, 1.82) is 0 Å². The number of fused-ring (bicyclic) bond motifs is 1. The average Bonchev–Trinajstić information content (AvgIpc) is 3.51. The molecule has 0 aliphatic heterocycles. The van der Waals surface area contributed by atoms with Crippen LogP contribution >= 0.6 is 23.1 Å². The third-order valence-corrected chi connectivity index (χ3v) is 6.89. The first-order chi connectivity index (χ1) is 15.0. The fourth-order valence-corrected chi connectivity index (χ4v) is 5.29. The molecule has 1 fully saturated rings. The number of rotatable bonds is 10. The molecule has 4 rings (SSSR count). The molecule has 1 aliphatic rings. The van der Waals surface area contributed by atoms with Crippen molar-refractivity contribution in [3.8, 4) is 5.69 Å². The van der Waals surface area contributed by atoms with Gasteiger partial charge in [-0.1, -0.05) is 30.0 Å². The van der Waals surface area contributed by atoms with E-state index in [1.807, 2.05) is 44.2 Å². The lowest BCUT2D eigenvalue weighted by Crippen LogP contribution is -2.28. The Kier molecular flexibility index (Phi) is 7.09. The Morgan fingerprint density at radius 3 is 2.81 bits per heavy atom. The highest BCUT2D eigenvalue weighted by Crippen LogP contribution is 2.44. The number of hydrogen-bond donors (Lipinski definition) is 1. The van der Waals surface area contributed by atoms with Gasteiger partial charge < -0.3 is 10.1 Å². The van der Waals surface area contributed by atoms with Gasteiger partial charge in [0.15, 0.2) is 5.16 Å². The molecule has 3 aromatic rings. The third-order valence-electron chi connectivity index (χ3n) is 5.06. The van der Waals surface area contributed by atoms with Gasteiger partial charge in [0, 0.05) is 13.2 Å². The van der Waals surface area contributed by atoms with E-state index in [9.17, 15) is 9.59 Å². The van der Waals surface area contributed by atoms with Gasteiger partial charge in [0.05, 0.1) is 22.9 Å². The Bertz CT molecular complexity index is 1100. The minimum Gasteiger partial charge on any atom is -0.379 e. The molecule has 0 unspecified atom stereocenters. The van der Waals surface area contributed by atoms with Gasteiger partial charge in [0.2, 0.25) is 5.91 Å². The predicted octanol–water partition coefficient (Wildman–Crippen LogP) is 4.35. The second-order valence-electron chi connectivity index (χ2n) is 7.93. The zero-order chi connectivity index (χ0) is 21.8. The molecule has 0 radical (unpaired) electrons. The summed E-state index contributed by atoms with van der Waals surface area (Å²) >= 11 is 2.81. The van der Waals surface area contributed by atoms with Crippen LogP contribution in [-0.2, 0) is 9.53 Å². The first-order valence-corrected chi connectivity index (χ1v) is 12.5. The number of thiophene rings is 1. The topological polar surface area (TPSA) is 73.2 Å². The van der Waals surface area contributed by atoms with E-state index in [1.54, 1.807) is 4.57 Å². The Hall–Kier alpha value is -2.16. The van der Waals surface area contributed by atoms with Gasteiger partial charge in [-0.3, -0.25) is 14.2 Å². The molecular formula is C23H27N3O3S2. The second kappa shape index (κ2) is 9.97. The number of aromatic nitrogens is 2. The lowest BCUT2D eigenvalue weighted by atomic mass is 10.1. The number of nitrogens with zero attached hydrogens (tertiary/aromatic N) is 2. The summed E-state index contributed by atoms with van der Waals surface area (Å²) in [5, 5.41) is 6.27. The molecule has 6 nitrogen and oxygen atoms in total. The lowest BCUT2D eigenvalue weighted by Gasteiger charge is -2.13. The van der Waals surface area contributed by atoms with E-state index in [0.717, 1.165) is 40.7 Å². The van der Waals surface area contributed by atoms with Crippen LogP contribution < -0.4 is 10.9 Å². The smallest absolute Gasteiger partial charge is 0.267 e. The van der Waals surface area contributed by atoms with E-state index >= 15 is 0 Å². The normalized spacial score (nSPS) is 13.8. The van der Waals surface area contributed by atoms with E-state index in [-0.39, 0.29) is 23.3 Å². The molecule has 0 bridgehead atoms. The van der Waals surface area contributed by atoms with E-state index < -0.39 is 0 Å². The molecule has 1 saturated carbocycles. The number of nitrogens with one attached hydrogen (secondary N) is 1. The van der Waals surface area contributed by atoms with E-state index in [0.29, 0.717) is 24.2 Å². The molecule has 0 spiro atoms. The van der Waals surface area contributed by atoms with Crippen LogP contribution in [0.3, 0.4) is 0 Å². The van der Waals surface area contributed by atoms with Crippen LogP contribution in [0, 0.1) is 0 Å². The molecule has 0 atom stereocenters. The number of hydrogen-bond acceptors (Lipinski definition) is 6. The van der Waals surface area contributed by atoms with Crippen molar-refractivity contribution in [3.63, 3.8) is 0 Å². The number of amides is 1. The zero-order valence-corrected chi connectivity index (χ0v) is 19.4. The molecule has 31 heavy (non-hydrogen) atoms. The molecule has 2 heterocycles. The number of para-hydroxylation sites is 1. The van der Waals surface area contributed by atoms with Crippen molar-refractivity contribution in [2.75, 3.05) is 18.9 Å². The molecule has 2 aromatic heterocycles. The highest BCUT2D eigenvalue weighted by molar-refractivity contribution is 7.99. The first-order valence-electron chi connectivity index (χ1n) is 10.6. The Labute approximate surface area is 190 Å². The highest BCUT2D eigenvalue weighted by Gasteiger charge is 2.29. The molecule has 1 aromatic carbocycles. The summed E-state index contributed by atoms with van der Waals surface area (Å²) in [7, 11) is 0. The van der Waals surface area contributed by atoms with Crippen molar-refractivity contribution < 1.29 is 9.53 Å². The maximum atomic E-state index is 13.5. The fraction of sp³-hybridized carbons (Fsp3) is 0.435. The SMILES string of the molecule is CC(C)OCCCNC(=O)CSc1nc2scc(C3CC3)c2c(=O)n1-c1ccccc1. The van der Waals surface area contributed by atoms with Gasteiger partial charge in [-0.25, -0.2) is 4.98 Å². The number of carbonyl (C=O) groups excluding carboxylic acids is 1. The van der Waals surface area contributed by atoms with E-state index in [4.69, 9.17) is 9.72 Å². The van der Waals surface area contributed by atoms with Gasteiger partial charge in [-0.05, 0) is 62.1 Å². The van der Waals surface area contributed by atoms with Crippen LogP contribution in [-0.4, -0.2) is 40.5 Å². The molecule has 1 aliphatic carbocycles. The standard InChI is InChI=1S/C23H27N3O3S2/c1-15(2)29-12-6-11-24-19(27)14-31-23-25-21-20(18(13-30-21)16-9-10-16)22(28)26(23)17-7-4-3-5-8-17/h3-5,7-8,13,15-16H,6,9-12,14H2,1-2H3,(H,24,27). The van der Waals surface area contributed by atoms with Gasteiger partial charge in [-0.15, -0.1) is 11.3 Å². The summed E-state index contributed by atoms with van der Waals surface area (Å²) in [6, 6.07) is 9.53. The zero-order valence-electron chi connectivity index (χ0n) is 17.8. The Morgan fingerprint density at radius 1 is 1.32 bits per heavy atom. The minimum atomic E-state index is -0.0756. The maximum absolute atomic E-state index is 13.5. The largest absolute Gasteiger partial charge is 0.379 e. The van der Waals surface area contributed by atoms with Crippen LogP contribution in [0.1, 0.15) is 44.6 Å². The minimum absolute atomic E-state index is 0.0481. The Balaban J connectivity index is 1.53. The highest BCUT2D eigenvalue weighted by atomic mass is 32.2. The quantitative estimate of drug-likeness (QED) is 0.278. The summed E-state index contributed by atoms with van der Waals surface area (Å²) < 4.78 is 7.14. The third kappa shape index (κ3) is 5.37.